The van der Waals surface area contributed by atoms with Crippen LogP contribution < -0.4 is 4.90 Å². The second kappa shape index (κ2) is 53.1. The van der Waals surface area contributed by atoms with E-state index in [0.717, 1.165) is 103 Å². The Bertz CT molecular complexity index is 1710. The molecule has 2 heterocycles. The van der Waals surface area contributed by atoms with E-state index in [1.54, 1.807) is 19.0 Å². The molecule has 3 amide bonds. The van der Waals surface area contributed by atoms with Crippen LogP contribution in [-0.4, -0.2) is 273 Å². The summed E-state index contributed by atoms with van der Waals surface area (Å²) in [6.45, 7) is 36.4. The predicted molar refractivity (Wildman–Crippen MR) is 396 cm³/mol. The Morgan fingerprint density at radius 2 is 0.750 bits per heavy atom. The molecule has 14 heteroatoms. The van der Waals surface area contributed by atoms with Gasteiger partial charge in [0.25, 0.3) is 17.7 Å². The second-order valence-corrected chi connectivity index (χ2v) is 32.7. The highest BCUT2D eigenvalue weighted by Crippen LogP contribution is 2.26. The van der Waals surface area contributed by atoms with Crippen LogP contribution in [0.2, 0.25) is 0 Å². The van der Waals surface area contributed by atoms with E-state index in [4.69, 9.17) is 5.11 Å². The van der Waals surface area contributed by atoms with Crippen LogP contribution in [0.3, 0.4) is 0 Å². The van der Waals surface area contributed by atoms with Gasteiger partial charge in [0.05, 0.1) is 69.6 Å². The fourth-order valence-electron chi connectivity index (χ4n) is 14.4. The number of quaternary nitrogens is 6. The molecule has 0 aromatic rings. The maximum absolute atomic E-state index is 14.0. The molecular formula is C78H167N9O5+6. The number of unbranched alkanes of at least 4 members (excludes halogenated alkanes) is 16. The Labute approximate surface area is 574 Å². The lowest BCUT2D eigenvalue weighted by atomic mass is 9.92. The van der Waals surface area contributed by atoms with Crippen LogP contribution in [0.15, 0.2) is 0 Å². The third-order valence-corrected chi connectivity index (χ3v) is 21.4. The first kappa shape index (κ1) is 90.1. The van der Waals surface area contributed by atoms with Crippen LogP contribution in [0.1, 0.15) is 261 Å². The zero-order valence-electron chi connectivity index (χ0n) is 65.5. The molecule has 0 aliphatic carbocycles. The van der Waals surface area contributed by atoms with Crippen LogP contribution in [0.25, 0.3) is 0 Å². The third-order valence-electron chi connectivity index (χ3n) is 21.4. The number of hydrogen-bond acceptors (Lipinski definition) is 5. The molecule has 2 fully saturated rings. The molecule has 2 aliphatic rings. The lowest BCUT2D eigenvalue weighted by Gasteiger charge is -2.47. The number of aliphatic hydroxyl groups excluding tert-OH is 2. The van der Waals surface area contributed by atoms with Crippen molar-refractivity contribution in [3.8, 4) is 0 Å². The number of nitrogens with zero attached hydrogens (tertiary/aromatic N) is 8. The molecular weight excluding hydrogens is 1140 g/mol. The highest BCUT2D eigenvalue weighted by Gasteiger charge is 2.41. The highest BCUT2D eigenvalue weighted by molar-refractivity contribution is 5.78. The maximum Gasteiger partial charge on any atom is 0.277 e. The van der Waals surface area contributed by atoms with Crippen molar-refractivity contribution in [3.63, 3.8) is 0 Å². The molecule has 0 radical (unpaired) electrons. The molecule has 0 aromatic heterocycles. The molecule has 2 rings (SSSR count). The Kier molecular flexibility index (Phi) is 52.0. The SMILES string of the molecule is CCCCCCCC(CCC)CN(CC(CCC)CCCCCCC)C(=O)C[N+]1(C)CC[N+](C)(C)CC1.CCCCCCCC(CCC)CN(CC(CCC)CCCCCCC)C(=O)C[NH+](C)CC[N+](C)(C)C.CN(C)C(=O)C[N+]1(CCO)CC[N+](C)(CCO)CC1. The van der Waals surface area contributed by atoms with E-state index in [1.165, 1.54) is 223 Å². The molecule has 5 unspecified atom stereocenters. The van der Waals surface area contributed by atoms with Gasteiger partial charge in [-0.2, -0.15) is 0 Å². The average Bonchev–Trinajstić information content (AvgIpc) is 0.884. The van der Waals surface area contributed by atoms with Gasteiger partial charge in [0.2, 0.25) is 0 Å². The average molecular weight is 1310 g/mol. The molecule has 92 heavy (non-hydrogen) atoms. The van der Waals surface area contributed by atoms with Crippen molar-refractivity contribution in [2.75, 3.05) is 208 Å². The fourth-order valence-corrected chi connectivity index (χ4v) is 14.4. The van der Waals surface area contributed by atoms with Crippen molar-refractivity contribution in [3.05, 3.63) is 0 Å². The molecule has 2 saturated heterocycles. The van der Waals surface area contributed by atoms with Crippen LogP contribution in [0, 0.1) is 23.7 Å². The van der Waals surface area contributed by atoms with Crippen molar-refractivity contribution in [1.82, 2.24) is 14.7 Å². The van der Waals surface area contributed by atoms with E-state index in [1.807, 2.05) is 0 Å². The molecule has 5 atom stereocenters. The molecule has 0 aromatic carbocycles. The molecule has 0 saturated carbocycles. The Morgan fingerprint density at radius 1 is 0.413 bits per heavy atom. The summed E-state index contributed by atoms with van der Waals surface area (Å²) in [5, 5.41) is 18.4. The van der Waals surface area contributed by atoms with Gasteiger partial charge in [-0.25, -0.2) is 0 Å². The number of amides is 3. The van der Waals surface area contributed by atoms with Crippen molar-refractivity contribution in [1.29, 1.82) is 0 Å². The fraction of sp³-hybridized carbons (Fsp3) is 0.962. The summed E-state index contributed by atoms with van der Waals surface area (Å²) >= 11 is 0. The topological polar surface area (TPSA) is 106 Å². The molecule has 0 bridgehead atoms. The number of piperazine rings is 2. The van der Waals surface area contributed by atoms with E-state index in [-0.39, 0.29) is 19.1 Å². The van der Waals surface area contributed by atoms with Gasteiger partial charge < -0.3 is 52.2 Å². The van der Waals surface area contributed by atoms with E-state index in [0.29, 0.717) is 66.1 Å². The molecule has 0 spiro atoms. The second-order valence-electron chi connectivity index (χ2n) is 32.7. The summed E-state index contributed by atoms with van der Waals surface area (Å²) in [6.07, 6.45) is 42.1. The maximum atomic E-state index is 14.0. The summed E-state index contributed by atoms with van der Waals surface area (Å²) in [5.74, 6) is 3.63. The number of likely N-dealkylation sites (N-methyl/N-ethyl adjacent to an activating group) is 6. The van der Waals surface area contributed by atoms with Gasteiger partial charge in [-0.3, -0.25) is 14.4 Å². The number of nitrogens with one attached hydrogen (secondary N) is 1. The number of carbonyl (C=O) groups is 3. The van der Waals surface area contributed by atoms with Gasteiger partial charge in [0.1, 0.15) is 78.5 Å². The monoisotopic (exact) mass is 1310 g/mol. The number of hydrogen-bond donors (Lipinski definition) is 3. The first-order chi connectivity index (χ1) is 43.7. The van der Waals surface area contributed by atoms with Crippen LogP contribution >= 0.6 is 0 Å². The van der Waals surface area contributed by atoms with E-state index in [9.17, 15) is 19.5 Å². The van der Waals surface area contributed by atoms with Crippen LogP contribution in [0.4, 0.5) is 0 Å². The Hall–Kier alpha value is -1.91. The van der Waals surface area contributed by atoms with Crippen molar-refractivity contribution >= 4 is 17.7 Å². The summed E-state index contributed by atoms with van der Waals surface area (Å²) in [5.41, 5.74) is 0. The Morgan fingerprint density at radius 3 is 1.07 bits per heavy atom. The van der Waals surface area contributed by atoms with Crippen molar-refractivity contribution in [2.24, 2.45) is 23.7 Å². The summed E-state index contributed by atoms with van der Waals surface area (Å²) in [6, 6.07) is 0. The standard InChI is InChI=1S/C33H69N3O.C32H68N3O.C13H29N3O3/c1-8-12-14-16-18-22-31(20-10-3)28-34(29-32(21-11-4)23-19-17-15-13-9-2)33(37)30-36(7)26-24-35(5,6)25-27-36;1-9-13-15-17-19-23-30(21-11-3)27-34(32(36)29-33(5)25-26-35(6,7)8)28-31(22-12-4)24-20-18-16-14-10-2;1-14(2)13(19)12-16(9-11-18)6-4-15(3,5-7-16)8-10-17/h31-32H,8-30H2,1-7H3;30-31H,9-29H2,1-8H3;17-18H,4-12H2,1-3H3/q+2;+1;+2/p+1. The van der Waals surface area contributed by atoms with Crippen molar-refractivity contribution in [2.45, 2.75) is 261 Å². The van der Waals surface area contributed by atoms with Crippen LogP contribution in [0.5, 0.6) is 0 Å². The normalized spacial score (nSPS) is 19.6. The Balaban J connectivity index is 0.00000142. The lowest BCUT2D eigenvalue weighted by Crippen LogP contribution is -3.11. The number of carbonyl (C=O) groups excluding carboxylic acids is 3. The van der Waals surface area contributed by atoms with Gasteiger partial charge in [-0.05, 0) is 75.0 Å². The minimum atomic E-state index is 0.115. The van der Waals surface area contributed by atoms with Crippen molar-refractivity contribution < 1.29 is 51.9 Å². The third kappa shape index (κ3) is 44.8. The van der Waals surface area contributed by atoms with E-state index < -0.39 is 0 Å². The largest absolute Gasteiger partial charge is 0.391 e. The number of rotatable bonds is 53. The smallest absolute Gasteiger partial charge is 0.277 e. The molecule has 14 nitrogen and oxygen atoms in total. The van der Waals surface area contributed by atoms with Gasteiger partial charge >= 0.3 is 0 Å². The summed E-state index contributed by atoms with van der Waals surface area (Å²) in [7, 11) is 21.6. The minimum Gasteiger partial charge on any atom is -0.391 e. The number of aliphatic hydroxyl groups is 2. The summed E-state index contributed by atoms with van der Waals surface area (Å²) in [4.78, 5) is 47.3. The summed E-state index contributed by atoms with van der Waals surface area (Å²) < 4.78 is 4.52. The first-order valence-electron chi connectivity index (χ1n) is 39.6. The van der Waals surface area contributed by atoms with Gasteiger partial charge in [0, 0.05) is 40.3 Å². The molecule has 548 valence electrons. The first-order valence-corrected chi connectivity index (χ1v) is 39.6. The van der Waals surface area contributed by atoms with E-state index in [2.05, 4.69) is 122 Å². The zero-order valence-corrected chi connectivity index (χ0v) is 65.5. The van der Waals surface area contributed by atoms with Gasteiger partial charge in [0.15, 0.2) is 19.6 Å². The minimum absolute atomic E-state index is 0.115. The van der Waals surface area contributed by atoms with Gasteiger partial charge in [-0.1, -0.05) is 209 Å². The zero-order chi connectivity index (χ0) is 69.3. The van der Waals surface area contributed by atoms with Crippen LogP contribution in [-0.2, 0) is 14.4 Å². The lowest BCUT2D eigenvalue weighted by molar-refractivity contribution is -1.02. The van der Waals surface area contributed by atoms with Gasteiger partial charge in [-0.15, -0.1) is 0 Å². The predicted octanol–water partition coefficient (Wildman–Crippen LogP) is 12.8. The van der Waals surface area contributed by atoms with E-state index >= 15 is 0 Å². The quantitative estimate of drug-likeness (QED) is 0.0416. The molecule has 3 N–H and O–H groups in total. The molecule has 2 aliphatic heterocycles. The highest BCUT2D eigenvalue weighted by atomic mass is 16.3.